The average molecular weight is 338 g/mol. The van der Waals surface area contributed by atoms with E-state index in [9.17, 15) is 4.79 Å². The Balaban J connectivity index is 1.81. The molecule has 1 N–H and O–H groups in total. The SMILES string of the molecule is COc1ccc(C=C2SC(=Nc3ccc(C)cc3)NC2=O)cc1C. The minimum atomic E-state index is -0.126. The van der Waals surface area contributed by atoms with Crippen LogP contribution in [0.1, 0.15) is 16.7 Å². The van der Waals surface area contributed by atoms with Crippen LogP contribution >= 0.6 is 11.8 Å². The molecule has 4 nitrogen and oxygen atoms in total. The molecular formula is C19H18N2O2S. The molecule has 24 heavy (non-hydrogen) atoms. The number of benzene rings is 2. The molecule has 1 heterocycles. The lowest BCUT2D eigenvalue weighted by atomic mass is 10.1. The number of hydrogen-bond donors (Lipinski definition) is 1. The monoisotopic (exact) mass is 338 g/mol. The number of methoxy groups -OCH3 is 1. The summed E-state index contributed by atoms with van der Waals surface area (Å²) < 4.78 is 5.26. The van der Waals surface area contributed by atoms with Crippen LogP contribution in [-0.2, 0) is 4.79 Å². The summed E-state index contributed by atoms with van der Waals surface area (Å²) in [5, 5.41) is 3.40. The summed E-state index contributed by atoms with van der Waals surface area (Å²) >= 11 is 1.35. The van der Waals surface area contributed by atoms with Crippen molar-refractivity contribution in [2.45, 2.75) is 13.8 Å². The number of thioether (sulfide) groups is 1. The van der Waals surface area contributed by atoms with Gasteiger partial charge in [0.2, 0.25) is 0 Å². The Kier molecular flexibility index (Phi) is 4.71. The van der Waals surface area contributed by atoms with Gasteiger partial charge in [0.1, 0.15) is 5.75 Å². The van der Waals surface area contributed by atoms with E-state index < -0.39 is 0 Å². The molecule has 3 rings (SSSR count). The number of amidine groups is 1. The van der Waals surface area contributed by atoms with Crippen LogP contribution in [0.2, 0.25) is 0 Å². The lowest BCUT2D eigenvalue weighted by Crippen LogP contribution is -2.19. The third-order valence-corrected chi connectivity index (χ3v) is 4.54. The highest BCUT2D eigenvalue weighted by Crippen LogP contribution is 2.29. The molecule has 2 aromatic carbocycles. The maximum atomic E-state index is 12.1. The fraction of sp³-hybridized carbons (Fsp3) is 0.158. The van der Waals surface area contributed by atoms with Crippen molar-refractivity contribution >= 4 is 34.6 Å². The van der Waals surface area contributed by atoms with E-state index in [0.717, 1.165) is 22.6 Å². The minimum Gasteiger partial charge on any atom is -0.496 e. The van der Waals surface area contributed by atoms with Crippen LogP contribution < -0.4 is 10.1 Å². The van der Waals surface area contributed by atoms with E-state index in [2.05, 4.69) is 10.3 Å². The van der Waals surface area contributed by atoms with Gasteiger partial charge in [-0.25, -0.2) is 4.99 Å². The quantitative estimate of drug-likeness (QED) is 0.853. The van der Waals surface area contributed by atoms with E-state index in [1.807, 2.05) is 62.4 Å². The predicted molar refractivity (Wildman–Crippen MR) is 99.7 cm³/mol. The molecule has 1 saturated heterocycles. The van der Waals surface area contributed by atoms with E-state index >= 15 is 0 Å². The zero-order chi connectivity index (χ0) is 17.1. The van der Waals surface area contributed by atoms with Crippen molar-refractivity contribution < 1.29 is 9.53 Å². The highest BCUT2D eigenvalue weighted by molar-refractivity contribution is 8.18. The molecule has 0 spiro atoms. The van der Waals surface area contributed by atoms with Gasteiger partial charge in [-0.05, 0) is 67.1 Å². The summed E-state index contributed by atoms with van der Waals surface area (Å²) in [4.78, 5) is 17.2. The maximum Gasteiger partial charge on any atom is 0.264 e. The van der Waals surface area contributed by atoms with Gasteiger partial charge in [0.15, 0.2) is 5.17 Å². The number of amides is 1. The van der Waals surface area contributed by atoms with Crippen LogP contribution in [0.15, 0.2) is 52.4 Å². The number of carbonyl (C=O) groups is 1. The normalized spacial score (nSPS) is 17.4. The van der Waals surface area contributed by atoms with Gasteiger partial charge in [-0.15, -0.1) is 0 Å². The third kappa shape index (κ3) is 3.68. The van der Waals surface area contributed by atoms with Crippen molar-refractivity contribution in [3.8, 4) is 5.75 Å². The van der Waals surface area contributed by atoms with Gasteiger partial charge < -0.3 is 10.1 Å². The molecule has 2 aromatic rings. The molecule has 122 valence electrons. The van der Waals surface area contributed by atoms with E-state index in [1.165, 1.54) is 17.3 Å². The number of nitrogens with zero attached hydrogens (tertiary/aromatic N) is 1. The van der Waals surface area contributed by atoms with Crippen LogP contribution in [0, 0.1) is 13.8 Å². The fourth-order valence-corrected chi connectivity index (χ4v) is 3.20. The Labute approximate surface area is 145 Å². The Hall–Kier alpha value is -2.53. The molecule has 0 bridgehead atoms. The zero-order valence-electron chi connectivity index (χ0n) is 13.8. The number of rotatable bonds is 3. The van der Waals surface area contributed by atoms with Crippen molar-refractivity contribution in [2.24, 2.45) is 4.99 Å². The lowest BCUT2D eigenvalue weighted by molar-refractivity contribution is -0.115. The van der Waals surface area contributed by atoms with Crippen molar-refractivity contribution in [1.29, 1.82) is 0 Å². The Morgan fingerprint density at radius 3 is 2.54 bits per heavy atom. The zero-order valence-corrected chi connectivity index (χ0v) is 14.6. The number of carbonyl (C=O) groups excluding carboxylic acids is 1. The summed E-state index contributed by atoms with van der Waals surface area (Å²) in [5.74, 6) is 0.710. The van der Waals surface area contributed by atoms with Crippen LogP contribution in [0.5, 0.6) is 5.75 Å². The van der Waals surface area contributed by atoms with Gasteiger partial charge in [0, 0.05) is 0 Å². The van der Waals surface area contributed by atoms with E-state index in [4.69, 9.17) is 4.74 Å². The predicted octanol–water partition coefficient (Wildman–Crippen LogP) is 4.20. The molecule has 0 aromatic heterocycles. The topological polar surface area (TPSA) is 50.7 Å². The second kappa shape index (κ2) is 6.93. The molecule has 0 atom stereocenters. The van der Waals surface area contributed by atoms with Crippen molar-refractivity contribution in [2.75, 3.05) is 7.11 Å². The summed E-state index contributed by atoms with van der Waals surface area (Å²) in [6.45, 7) is 4.01. The molecule has 0 aliphatic carbocycles. The standard InChI is InChI=1S/C19H18N2O2S/c1-12-4-7-15(8-5-12)20-19-21-18(22)17(24-19)11-14-6-9-16(23-3)13(2)10-14/h4-11H,1-3H3,(H,20,21,22). The largest absolute Gasteiger partial charge is 0.496 e. The number of hydrogen-bond acceptors (Lipinski definition) is 4. The Bertz CT molecular complexity index is 839. The van der Waals surface area contributed by atoms with E-state index in [0.29, 0.717) is 10.1 Å². The van der Waals surface area contributed by atoms with Gasteiger partial charge in [0.05, 0.1) is 17.7 Å². The van der Waals surface area contributed by atoms with Crippen LogP contribution in [0.4, 0.5) is 5.69 Å². The van der Waals surface area contributed by atoms with E-state index in [-0.39, 0.29) is 5.91 Å². The lowest BCUT2D eigenvalue weighted by Gasteiger charge is -2.04. The van der Waals surface area contributed by atoms with Crippen LogP contribution in [0.3, 0.4) is 0 Å². The first kappa shape index (κ1) is 16.3. The van der Waals surface area contributed by atoms with Crippen molar-refractivity contribution in [1.82, 2.24) is 5.32 Å². The van der Waals surface area contributed by atoms with Crippen molar-refractivity contribution in [3.63, 3.8) is 0 Å². The molecule has 1 amide bonds. The highest BCUT2D eigenvalue weighted by atomic mass is 32.2. The number of nitrogens with one attached hydrogen (secondary N) is 1. The summed E-state index contributed by atoms with van der Waals surface area (Å²) in [5.41, 5.74) is 3.99. The molecule has 1 aliphatic rings. The fourth-order valence-electron chi connectivity index (χ4n) is 2.36. The molecule has 1 fully saturated rings. The number of aliphatic imine (C=N–C) groups is 1. The van der Waals surface area contributed by atoms with E-state index in [1.54, 1.807) is 7.11 Å². The van der Waals surface area contributed by atoms with Gasteiger partial charge in [-0.2, -0.15) is 0 Å². The molecule has 0 radical (unpaired) electrons. The second-order valence-electron chi connectivity index (χ2n) is 5.55. The number of ether oxygens (including phenoxy) is 1. The first-order valence-electron chi connectivity index (χ1n) is 7.56. The Morgan fingerprint density at radius 1 is 1.12 bits per heavy atom. The minimum absolute atomic E-state index is 0.126. The summed E-state index contributed by atoms with van der Waals surface area (Å²) in [6, 6.07) is 13.7. The Morgan fingerprint density at radius 2 is 1.88 bits per heavy atom. The second-order valence-corrected chi connectivity index (χ2v) is 6.58. The van der Waals surface area contributed by atoms with Gasteiger partial charge >= 0.3 is 0 Å². The average Bonchev–Trinajstić information content (AvgIpc) is 2.89. The van der Waals surface area contributed by atoms with Gasteiger partial charge in [-0.1, -0.05) is 23.8 Å². The van der Waals surface area contributed by atoms with Crippen LogP contribution in [-0.4, -0.2) is 18.2 Å². The highest BCUT2D eigenvalue weighted by Gasteiger charge is 2.23. The smallest absolute Gasteiger partial charge is 0.264 e. The summed E-state index contributed by atoms with van der Waals surface area (Å²) in [6.07, 6.45) is 1.87. The maximum absolute atomic E-state index is 12.1. The van der Waals surface area contributed by atoms with Gasteiger partial charge in [0.25, 0.3) is 5.91 Å². The number of aryl methyl sites for hydroxylation is 2. The molecule has 1 aliphatic heterocycles. The third-order valence-electron chi connectivity index (χ3n) is 3.63. The first-order chi connectivity index (χ1) is 11.5. The van der Waals surface area contributed by atoms with Crippen molar-refractivity contribution in [3.05, 3.63) is 64.1 Å². The van der Waals surface area contributed by atoms with Crippen LogP contribution in [0.25, 0.3) is 6.08 Å². The molecular weight excluding hydrogens is 320 g/mol. The molecule has 0 unspecified atom stereocenters. The molecule has 0 saturated carbocycles. The molecule has 5 heteroatoms. The van der Waals surface area contributed by atoms with Gasteiger partial charge in [-0.3, -0.25) is 4.79 Å². The summed E-state index contributed by atoms with van der Waals surface area (Å²) in [7, 11) is 1.65. The first-order valence-corrected chi connectivity index (χ1v) is 8.38.